The summed E-state index contributed by atoms with van der Waals surface area (Å²) in [7, 11) is -4.33. The summed E-state index contributed by atoms with van der Waals surface area (Å²) in [6, 6.07) is 1.57. The number of halogens is 3. The lowest BCUT2D eigenvalue weighted by atomic mass is 10.4. The van der Waals surface area contributed by atoms with Gasteiger partial charge in [-0.2, -0.15) is 17.5 Å². The molecule has 0 spiro atoms. The molecule has 0 fully saturated rings. The molecule has 9 heteroatoms. The van der Waals surface area contributed by atoms with Crippen molar-refractivity contribution >= 4 is 10.0 Å². The summed E-state index contributed by atoms with van der Waals surface area (Å²) >= 11 is 0. The van der Waals surface area contributed by atoms with Crippen LogP contribution in [0.25, 0.3) is 0 Å². The average molecular weight is 300 g/mol. The van der Waals surface area contributed by atoms with Crippen molar-refractivity contribution < 1.29 is 26.0 Å². The molecule has 0 atom stereocenters. The Hall–Kier alpha value is -1.06. The first-order chi connectivity index (χ1) is 8.58. The lowest BCUT2D eigenvalue weighted by Gasteiger charge is -2.25. The molecule has 0 saturated heterocycles. The Kier molecular flexibility index (Phi) is 4.64. The summed E-state index contributed by atoms with van der Waals surface area (Å²) in [6.07, 6.45) is -4.62. The van der Waals surface area contributed by atoms with Crippen molar-refractivity contribution in [3.63, 3.8) is 0 Å². The molecule has 5 nitrogen and oxygen atoms in total. The van der Waals surface area contributed by atoms with Gasteiger partial charge in [0.25, 0.3) is 10.0 Å². The zero-order valence-corrected chi connectivity index (χ0v) is 11.3. The van der Waals surface area contributed by atoms with Crippen LogP contribution < -0.4 is 5.73 Å². The molecule has 19 heavy (non-hydrogen) atoms. The van der Waals surface area contributed by atoms with Gasteiger partial charge in [0.1, 0.15) is 12.3 Å². The van der Waals surface area contributed by atoms with Gasteiger partial charge in [-0.1, -0.05) is 0 Å². The molecule has 110 valence electrons. The third kappa shape index (κ3) is 3.95. The van der Waals surface area contributed by atoms with Crippen LogP contribution >= 0.6 is 0 Å². The van der Waals surface area contributed by atoms with Crippen LogP contribution in [0, 0.1) is 0 Å². The van der Waals surface area contributed by atoms with Gasteiger partial charge in [-0.25, -0.2) is 8.42 Å². The van der Waals surface area contributed by atoms with E-state index in [-0.39, 0.29) is 12.3 Å². The molecular weight excluding hydrogens is 285 g/mol. The van der Waals surface area contributed by atoms with Gasteiger partial charge in [0.05, 0.1) is 6.54 Å². The van der Waals surface area contributed by atoms with Gasteiger partial charge in [0.15, 0.2) is 0 Å². The summed E-state index contributed by atoms with van der Waals surface area (Å²) < 4.78 is 66.7. The van der Waals surface area contributed by atoms with Gasteiger partial charge in [-0.3, -0.25) is 0 Å². The average Bonchev–Trinajstić information content (AvgIpc) is 2.73. The molecule has 0 amide bonds. The Balaban J connectivity index is 3.13. The van der Waals surface area contributed by atoms with Crippen molar-refractivity contribution in [1.82, 2.24) is 4.31 Å². The number of nitrogens with zero attached hydrogens (tertiary/aromatic N) is 1. The Labute approximate surface area is 109 Å². The molecule has 0 radical (unpaired) electrons. The Morgan fingerprint density at radius 2 is 1.95 bits per heavy atom. The molecular formula is C10H15F3N2O3S. The van der Waals surface area contributed by atoms with Crippen LogP contribution in [0.5, 0.6) is 0 Å². The molecule has 0 saturated carbocycles. The number of hydrogen-bond acceptors (Lipinski definition) is 4. The van der Waals surface area contributed by atoms with Crippen molar-refractivity contribution in [3.8, 4) is 0 Å². The minimum atomic E-state index is -4.62. The molecule has 1 aromatic rings. The molecule has 0 bridgehead atoms. The van der Waals surface area contributed by atoms with Crippen LogP contribution in [0.1, 0.15) is 19.6 Å². The first kappa shape index (κ1) is 16.0. The van der Waals surface area contributed by atoms with Crippen molar-refractivity contribution in [1.29, 1.82) is 0 Å². The summed E-state index contributed by atoms with van der Waals surface area (Å²) in [5, 5.41) is -0.536. The third-order valence-corrected chi connectivity index (χ3v) is 4.21. The number of sulfonamides is 1. The molecule has 1 heterocycles. The lowest BCUT2D eigenvalue weighted by Crippen LogP contribution is -2.43. The molecule has 0 unspecified atom stereocenters. The van der Waals surface area contributed by atoms with Gasteiger partial charge < -0.3 is 10.2 Å². The standard InChI is InChI=1S/C10H15F3N2O3S/c1-7(2)15(6-10(11,12)13)19(16,17)9-4-3-8(5-14)18-9/h3-4,7H,5-6,14H2,1-2H3. The number of rotatable bonds is 5. The first-order valence-electron chi connectivity index (χ1n) is 5.45. The Bertz CT molecular complexity index is 522. The Morgan fingerprint density at radius 3 is 2.32 bits per heavy atom. The number of alkyl halides is 3. The van der Waals surface area contributed by atoms with Crippen LogP contribution in [-0.2, 0) is 16.6 Å². The normalized spacial score (nSPS) is 13.5. The molecule has 0 aliphatic rings. The molecule has 0 aromatic carbocycles. The van der Waals surface area contributed by atoms with E-state index >= 15 is 0 Å². The number of furan rings is 1. The quantitative estimate of drug-likeness (QED) is 0.898. The van der Waals surface area contributed by atoms with Crippen LogP contribution in [0.15, 0.2) is 21.6 Å². The van der Waals surface area contributed by atoms with Crippen LogP contribution in [-0.4, -0.2) is 31.5 Å². The highest BCUT2D eigenvalue weighted by Crippen LogP contribution is 2.25. The van der Waals surface area contributed by atoms with Crippen molar-refractivity contribution in [2.75, 3.05) is 6.54 Å². The van der Waals surface area contributed by atoms with Gasteiger partial charge in [-0.15, -0.1) is 0 Å². The SMILES string of the molecule is CC(C)N(CC(F)(F)F)S(=O)(=O)c1ccc(CN)o1. The van der Waals surface area contributed by atoms with E-state index in [4.69, 9.17) is 10.2 Å². The summed E-state index contributed by atoms with van der Waals surface area (Å²) in [4.78, 5) is 0. The lowest BCUT2D eigenvalue weighted by molar-refractivity contribution is -0.138. The monoisotopic (exact) mass is 300 g/mol. The predicted octanol–water partition coefficient (Wildman–Crippen LogP) is 1.70. The second-order valence-electron chi connectivity index (χ2n) is 4.18. The van der Waals surface area contributed by atoms with Gasteiger partial charge in [-0.05, 0) is 26.0 Å². The van der Waals surface area contributed by atoms with E-state index in [1.54, 1.807) is 0 Å². The zero-order chi connectivity index (χ0) is 14.8. The highest BCUT2D eigenvalue weighted by Gasteiger charge is 2.39. The van der Waals surface area contributed by atoms with E-state index in [1.807, 2.05) is 0 Å². The fourth-order valence-corrected chi connectivity index (χ4v) is 3.00. The zero-order valence-electron chi connectivity index (χ0n) is 10.4. The van der Waals surface area contributed by atoms with Crippen LogP contribution in [0.2, 0.25) is 0 Å². The molecule has 2 N–H and O–H groups in total. The minimum Gasteiger partial charge on any atom is -0.447 e. The molecule has 1 rings (SSSR count). The number of nitrogens with two attached hydrogens (primary N) is 1. The van der Waals surface area contributed by atoms with Crippen molar-refractivity contribution in [2.24, 2.45) is 5.73 Å². The van der Waals surface area contributed by atoms with E-state index in [0.29, 0.717) is 4.31 Å². The highest BCUT2D eigenvalue weighted by molar-refractivity contribution is 7.89. The van der Waals surface area contributed by atoms with E-state index in [9.17, 15) is 21.6 Å². The topological polar surface area (TPSA) is 76.5 Å². The van der Waals surface area contributed by atoms with Gasteiger partial charge >= 0.3 is 6.18 Å². The van der Waals surface area contributed by atoms with E-state index in [0.717, 1.165) is 6.07 Å². The second kappa shape index (κ2) is 5.51. The Morgan fingerprint density at radius 1 is 1.37 bits per heavy atom. The fourth-order valence-electron chi connectivity index (χ4n) is 1.44. The first-order valence-corrected chi connectivity index (χ1v) is 6.89. The van der Waals surface area contributed by atoms with Gasteiger partial charge in [0.2, 0.25) is 5.09 Å². The molecule has 1 aromatic heterocycles. The molecule has 0 aliphatic heterocycles. The van der Waals surface area contributed by atoms with Crippen LogP contribution in [0.4, 0.5) is 13.2 Å². The van der Waals surface area contributed by atoms with E-state index in [1.165, 1.54) is 19.9 Å². The third-order valence-electron chi connectivity index (χ3n) is 2.31. The van der Waals surface area contributed by atoms with Crippen LogP contribution in [0.3, 0.4) is 0 Å². The summed E-state index contributed by atoms with van der Waals surface area (Å²) in [6.45, 7) is 1.12. The largest absolute Gasteiger partial charge is 0.447 e. The number of hydrogen-bond donors (Lipinski definition) is 1. The maximum absolute atomic E-state index is 12.4. The maximum atomic E-state index is 12.4. The van der Waals surface area contributed by atoms with Crippen molar-refractivity contribution in [2.45, 2.75) is 37.7 Å². The maximum Gasteiger partial charge on any atom is 0.402 e. The van der Waals surface area contributed by atoms with E-state index in [2.05, 4.69) is 0 Å². The van der Waals surface area contributed by atoms with Crippen molar-refractivity contribution in [3.05, 3.63) is 17.9 Å². The molecule has 0 aliphatic carbocycles. The smallest absolute Gasteiger partial charge is 0.402 e. The summed E-state index contributed by atoms with van der Waals surface area (Å²) in [5.41, 5.74) is 5.26. The second-order valence-corrected chi connectivity index (χ2v) is 6.01. The van der Waals surface area contributed by atoms with Gasteiger partial charge in [0, 0.05) is 6.04 Å². The minimum absolute atomic E-state index is 0.0313. The highest BCUT2D eigenvalue weighted by atomic mass is 32.2. The van der Waals surface area contributed by atoms with E-state index < -0.39 is 33.9 Å². The fraction of sp³-hybridized carbons (Fsp3) is 0.600. The predicted molar refractivity (Wildman–Crippen MR) is 61.7 cm³/mol. The summed E-state index contributed by atoms with van der Waals surface area (Å²) in [5.74, 6) is 0.189.